The van der Waals surface area contributed by atoms with E-state index >= 15 is 0 Å². The molecule has 2 aromatic carbocycles. The summed E-state index contributed by atoms with van der Waals surface area (Å²) in [5, 5.41) is 4.92. The number of carbonyl (C=O) groups excluding carboxylic acids is 1. The van der Waals surface area contributed by atoms with Gasteiger partial charge in [-0.15, -0.1) is 0 Å². The van der Waals surface area contributed by atoms with Crippen LogP contribution in [0.5, 0.6) is 5.75 Å². The molecule has 7 nitrogen and oxygen atoms in total. The monoisotopic (exact) mass is 411 g/mol. The molecule has 1 aliphatic rings. The highest BCUT2D eigenvalue weighted by Crippen LogP contribution is 2.37. The Morgan fingerprint density at radius 3 is 2.69 bits per heavy atom. The Hall–Kier alpha value is -3.06. The summed E-state index contributed by atoms with van der Waals surface area (Å²) in [5.41, 5.74) is 7.92. The zero-order valence-corrected chi connectivity index (χ0v) is 16.8. The van der Waals surface area contributed by atoms with Gasteiger partial charge >= 0.3 is 6.03 Å². The van der Waals surface area contributed by atoms with Gasteiger partial charge in [0, 0.05) is 52.9 Å². The minimum atomic E-state index is -0.369. The number of benzene rings is 2. The number of primary amides is 1. The van der Waals surface area contributed by atoms with Crippen LogP contribution in [0.25, 0.3) is 22.0 Å². The number of fused-ring (bicyclic) bond motifs is 1. The molecule has 0 atom stereocenters. The Balaban J connectivity index is 1.59. The molecule has 150 valence electrons. The highest BCUT2D eigenvalue weighted by molar-refractivity contribution is 6.33. The number of halogens is 1. The molecule has 2 heterocycles. The number of nitrogens with one attached hydrogen (secondary N) is 1. The van der Waals surface area contributed by atoms with Crippen LogP contribution in [0.15, 0.2) is 42.6 Å². The molecule has 2 amide bonds. The summed E-state index contributed by atoms with van der Waals surface area (Å²) in [6.07, 6.45) is 3.40. The van der Waals surface area contributed by atoms with E-state index in [-0.39, 0.29) is 12.1 Å². The van der Waals surface area contributed by atoms with Gasteiger partial charge in [0.2, 0.25) is 5.95 Å². The van der Waals surface area contributed by atoms with Crippen molar-refractivity contribution in [1.29, 1.82) is 0 Å². The number of piperidine rings is 1. The van der Waals surface area contributed by atoms with E-state index in [9.17, 15) is 4.79 Å². The maximum Gasteiger partial charge on any atom is 0.314 e. The smallest absolute Gasteiger partial charge is 0.314 e. The van der Waals surface area contributed by atoms with Gasteiger partial charge in [0.15, 0.2) is 0 Å². The number of likely N-dealkylation sites (tertiary alicyclic amines) is 1. The summed E-state index contributed by atoms with van der Waals surface area (Å²) >= 11 is 6.37. The van der Waals surface area contributed by atoms with E-state index in [2.05, 4.69) is 15.3 Å². The van der Waals surface area contributed by atoms with Crippen LogP contribution < -0.4 is 15.8 Å². The van der Waals surface area contributed by atoms with Gasteiger partial charge in [0.05, 0.1) is 12.6 Å². The molecule has 1 aliphatic heterocycles. The van der Waals surface area contributed by atoms with Crippen molar-refractivity contribution < 1.29 is 9.53 Å². The van der Waals surface area contributed by atoms with Crippen molar-refractivity contribution in [2.75, 3.05) is 25.5 Å². The average Bonchev–Trinajstić information content (AvgIpc) is 2.73. The van der Waals surface area contributed by atoms with Crippen LogP contribution in [0.3, 0.4) is 0 Å². The van der Waals surface area contributed by atoms with Gasteiger partial charge in [-0.2, -0.15) is 0 Å². The molecule has 3 N–H and O–H groups in total. The summed E-state index contributed by atoms with van der Waals surface area (Å²) in [6.45, 7) is 1.27. The minimum absolute atomic E-state index is 0.201. The second kappa shape index (κ2) is 8.13. The van der Waals surface area contributed by atoms with E-state index in [0.29, 0.717) is 29.8 Å². The first-order chi connectivity index (χ1) is 14.0. The summed E-state index contributed by atoms with van der Waals surface area (Å²) in [4.78, 5) is 22.0. The second-order valence-corrected chi connectivity index (χ2v) is 7.44. The Morgan fingerprint density at radius 2 is 2.00 bits per heavy atom. The SMILES string of the molecule is COc1cc2nc(NC3CCN(C(N)=O)CC3)ncc2cc1-c1ccccc1Cl. The Labute approximate surface area is 173 Å². The number of methoxy groups -OCH3 is 1. The molecule has 0 saturated carbocycles. The fraction of sp³-hybridized carbons (Fsp3) is 0.286. The highest BCUT2D eigenvalue weighted by Gasteiger charge is 2.22. The van der Waals surface area contributed by atoms with Crippen molar-refractivity contribution in [2.45, 2.75) is 18.9 Å². The molecule has 0 bridgehead atoms. The molecule has 0 unspecified atom stereocenters. The van der Waals surface area contributed by atoms with Gasteiger partial charge in [-0.1, -0.05) is 29.8 Å². The van der Waals surface area contributed by atoms with Crippen molar-refractivity contribution >= 4 is 34.5 Å². The number of nitrogens with two attached hydrogens (primary N) is 1. The van der Waals surface area contributed by atoms with Crippen LogP contribution in [0.4, 0.5) is 10.7 Å². The van der Waals surface area contributed by atoms with Crippen molar-refractivity contribution in [2.24, 2.45) is 5.73 Å². The lowest BCUT2D eigenvalue weighted by molar-refractivity contribution is 0.193. The maximum atomic E-state index is 11.3. The molecule has 8 heteroatoms. The first-order valence-corrected chi connectivity index (χ1v) is 9.83. The summed E-state index contributed by atoms with van der Waals surface area (Å²) < 4.78 is 5.60. The molecule has 0 aliphatic carbocycles. The number of amides is 2. The topological polar surface area (TPSA) is 93.4 Å². The molecule has 29 heavy (non-hydrogen) atoms. The summed E-state index contributed by atoms with van der Waals surface area (Å²) in [5.74, 6) is 1.26. The van der Waals surface area contributed by atoms with Gasteiger partial charge in [-0.25, -0.2) is 14.8 Å². The summed E-state index contributed by atoms with van der Waals surface area (Å²) in [7, 11) is 1.63. The van der Waals surface area contributed by atoms with E-state index in [1.807, 2.05) is 36.4 Å². The first kappa shape index (κ1) is 19.3. The molecular formula is C21H22ClN5O2. The van der Waals surface area contributed by atoms with Crippen molar-refractivity contribution in [3.05, 3.63) is 47.6 Å². The Kier molecular flexibility index (Phi) is 5.40. The third-order valence-electron chi connectivity index (χ3n) is 5.20. The number of ether oxygens (including phenoxy) is 1. The number of carbonyl (C=O) groups is 1. The predicted octanol–water partition coefficient (Wildman–Crippen LogP) is 3.91. The number of nitrogens with zero attached hydrogens (tertiary/aromatic N) is 3. The molecule has 0 radical (unpaired) electrons. The zero-order chi connectivity index (χ0) is 20.4. The van der Waals surface area contributed by atoms with Crippen LogP contribution in [0.1, 0.15) is 12.8 Å². The summed E-state index contributed by atoms with van der Waals surface area (Å²) in [6, 6.07) is 11.4. The van der Waals surface area contributed by atoms with Crippen LogP contribution in [0, 0.1) is 0 Å². The minimum Gasteiger partial charge on any atom is -0.496 e. The van der Waals surface area contributed by atoms with Crippen molar-refractivity contribution in [3.63, 3.8) is 0 Å². The molecular weight excluding hydrogens is 390 g/mol. The van der Waals surface area contributed by atoms with Crippen LogP contribution >= 0.6 is 11.6 Å². The van der Waals surface area contributed by atoms with Gasteiger partial charge in [0.25, 0.3) is 0 Å². The van der Waals surface area contributed by atoms with Crippen molar-refractivity contribution in [1.82, 2.24) is 14.9 Å². The zero-order valence-electron chi connectivity index (χ0n) is 16.1. The fourth-order valence-electron chi connectivity index (χ4n) is 3.62. The van der Waals surface area contributed by atoms with E-state index in [0.717, 1.165) is 34.9 Å². The number of urea groups is 1. The van der Waals surface area contributed by atoms with Gasteiger partial charge in [-0.05, 0) is 25.0 Å². The van der Waals surface area contributed by atoms with Gasteiger partial charge < -0.3 is 20.7 Å². The predicted molar refractivity (Wildman–Crippen MR) is 114 cm³/mol. The number of anilines is 1. The van der Waals surface area contributed by atoms with Gasteiger partial charge in [0.1, 0.15) is 5.75 Å². The second-order valence-electron chi connectivity index (χ2n) is 7.03. The lowest BCUT2D eigenvalue weighted by Gasteiger charge is -2.31. The van der Waals surface area contributed by atoms with Gasteiger partial charge in [-0.3, -0.25) is 0 Å². The largest absolute Gasteiger partial charge is 0.496 e. The van der Waals surface area contributed by atoms with Crippen LogP contribution in [-0.4, -0.2) is 47.1 Å². The molecule has 4 rings (SSSR count). The quantitative estimate of drug-likeness (QED) is 0.678. The highest BCUT2D eigenvalue weighted by atomic mass is 35.5. The number of hydrogen-bond donors (Lipinski definition) is 2. The molecule has 3 aromatic rings. The molecule has 1 fully saturated rings. The Bertz CT molecular complexity index is 1050. The van der Waals surface area contributed by atoms with Crippen molar-refractivity contribution in [3.8, 4) is 16.9 Å². The molecule has 1 aromatic heterocycles. The maximum absolute atomic E-state index is 11.3. The number of hydrogen-bond acceptors (Lipinski definition) is 5. The third kappa shape index (κ3) is 4.05. The number of rotatable bonds is 4. The van der Waals surface area contributed by atoms with E-state index < -0.39 is 0 Å². The lowest BCUT2D eigenvalue weighted by Crippen LogP contribution is -2.44. The number of aromatic nitrogens is 2. The standard InChI is InChI=1S/C21H22ClN5O2/c1-29-19-11-18-13(10-16(19)15-4-2-3-5-17(15)22)12-24-21(26-18)25-14-6-8-27(9-7-14)20(23)28/h2-5,10-12,14H,6-9H2,1H3,(H2,23,28)(H,24,25,26). The Morgan fingerprint density at radius 1 is 1.24 bits per heavy atom. The molecule has 1 saturated heterocycles. The van der Waals surface area contributed by atoms with Crippen LogP contribution in [-0.2, 0) is 0 Å². The average molecular weight is 412 g/mol. The lowest BCUT2D eigenvalue weighted by atomic mass is 10.0. The normalized spacial score (nSPS) is 14.8. The first-order valence-electron chi connectivity index (χ1n) is 9.46. The van der Waals surface area contributed by atoms with Crippen LogP contribution in [0.2, 0.25) is 5.02 Å². The van der Waals surface area contributed by atoms with E-state index in [1.54, 1.807) is 18.2 Å². The third-order valence-corrected chi connectivity index (χ3v) is 5.53. The van der Waals surface area contributed by atoms with E-state index in [4.69, 9.17) is 22.1 Å². The fourth-order valence-corrected chi connectivity index (χ4v) is 3.85. The molecule has 0 spiro atoms. The van der Waals surface area contributed by atoms with E-state index in [1.165, 1.54) is 0 Å².